The van der Waals surface area contributed by atoms with Crippen molar-refractivity contribution in [1.29, 1.82) is 0 Å². The Morgan fingerprint density at radius 1 is 0.965 bits per heavy atom. The van der Waals surface area contributed by atoms with E-state index in [2.05, 4.69) is 6.58 Å². The minimum Gasteiger partial charge on any atom is -0.456 e. The van der Waals surface area contributed by atoms with Crippen molar-refractivity contribution in [3.8, 4) is 0 Å². The van der Waals surface area contributed by atoms with Crippen molar-refractivity contribution >= 4 is 23.4 Å². The Balaban J connectivity index is 1.78. The molecule has 1 amide bonds. The molecule has 0 aromatic carbocycles. The molecule has 322 valence electrons. The van der Waals surface area contributed by atoms with Crippen molar-refractivity contribution in [2.75, 3.05) is 27.4 Å². The number of ether oxygens (including phenoxy) is 4. The molecule has 3 aliphatic heterocycles. The van der Waals surface area contributed by atoms with Crippen LogP contribution in [0.1, 0.15) is 105 Å². The minimum absolute atomic E-state index is 0.0276. The zero-order chi connectivity index (χ0) is 42.2. The van der Waals surface area contributed by atoms with Gasteiger partial charge in [0.1, 0.15) is 18.2 Å². The number of amides is 1. The van der Waals surface area contributed by atoms with E-state index in [0.717, 1.165) is 0 Å². The first kappa shape index (κ1) is 46.9. The molecule has 0 aromatic heterocycles. The summed E-state index contributed by atoms with van der Waals surface area (Å²) >= 11 is 0. The first-order chi connectivity index (χ1) is 27.0. The standard InChI is InChI=1S/C44H69NO12/c1-9-12-31-18-25(2)17-26(3)19-37(54-7)40-38(55-8)21-28(5)44(53,57-40)41(50)42(51)45-16-11-10-13-33(45)43(52)56-39(29(6)35(48)23-36(31)49)27(4)20-30-14-15-34(47)32(22-30)24-46/h9,18,20,25-26,28-30,32-35,37-40,46-48,53H,1,10-17,19,21-24H2,2-8H3/b27-20?,31-18-/t25?,26-,28+,29+,30-,32-,33-,34+,35-,37-,38-,39+,40+,44+/m0/s1. The molecular weight excluding hydrogens is 734 g/mol. The molecule has 0 spiro atoms. The third kappa shape index (κ3) is 11.3. The summed E-state index contributed by atoms with van der Waals surface area (Å²) in [5.41, 5.74) is 1.14. The van der Waals surface area contributed by atoms with Gasteiger partial charge in [-0.2, -0.15) is 0 Å². The van der Waals surface area contributed by atoms with Crippen LogP contribution in [-0.4, -0.2) is 125 Å². The Morgan fingerprint density at radius 2 is 1.65 bits per heavy atom. The van der Waals surface area contributed by atoms with Crippen molar-refractivity contribution < 1.29 is 58.6 Å². The van der Waals surface area contributed by atoms with Gasteiger partial charge in [0.05, 0.1) is 24.4 Å². The number of esters is 1. The number of aliphatic hydroxyl groups excluding tert-OH is 3. The van der Waals surface area contributed by atoms with Gasteiger partial charge < -0.3 is 44.3 Å². The van der Waals surface area contributed by atoms with Crippen LogP contribution in [0.4, 0.5) is 0 Å². The maximum Gasteiger partial charge on any atom is 0.329 e. The summed E-state index contributed by atoms with van der Waals surface area (Å²) in [6.07, 6.45) is 4.95. The number of ketones is 2. The third-order valence-electron chi connectivity index (χ3n) is 13.0. The van der Waals surface area contributed by atoms with Crippen LogP contribution >= 0.6 is 0 Å². The highest BCUT2D eigenvalue weighted by Crippen LogP contribution is 2.39. The van der Waals surface area contributed by atoms with Crippen LogP contribution in [0.15, 0.2) is 36.0 Å². The number of rotatable bonds is 7. The van der Waals surface area contributed by atoms with E-state index in [1.54, 1.807) is 26.8 Å². The summed E-state index contributed by atoms with van der Waals surface area (Å²) in [4.78, 5) is 57.7. The van der Waals surface area contributed by atoms with Crippen LogP contribution in [0.2, 0.25) is 0 Å². The molecule has 0 radical (unpaired) electrons. The zero-order valence-corrected chi connectivity index (χ0v) is 35.1. The number of hydrogen-bond donors (Lipinski definition) is 4. The van der Waals surface area contributed by atoms with E-state index in [-0.39, 0.29) is 61.9 Å². The largest absolute Gasteiger partial charge is 0.456 e. The first-order valence-corrected chi connectivity index (χ1v) is 21.0. The summed E-state index contributed by atoms with van der Waals surface area (Å²) in [6, 6.07) is -1.16. The average molecular weight is 804 g/mol. The number of aliphatic hydroxyl groups is 4. The summed E-state index contributed by atoms with van der Waals surface area (Å²) in [5.74, 6) is -7.75. The second-order valence-corrected chi connectivity index (χ2v) is 17.4. The van der Waals surface area contributed by atoms with E-state index in [4.69, 9.17) is 18.9 Å². The van der Waals surface area contributed by atoms with Gasteiger partial charge in [0.2, 0.25) is 5.79 Å². The highest BCUT2D eigenvalue weighted by Gasteiger charge is 2.56. The van der Waals surface area contributed by atoms with Crippen molar-refractivity contribution in [2.24, 2.45) is 35.5 Å². The lowest BCUT2D eigenvalue weighted by Gasteiger charge is -2.47. The van der Waals surface area contributed by atoms with Gasteiger partial charge in [-0.15, -0.1) is 6.58 Å². The molecule has 0 aromatic rings. The second kappa shape index (κ2) is 21.0. The Labute approximate surface area is 338 Å². The molecule has 3 fully saturated rings. The van der Waals surface area contributed by atoms with Crippen LogP contribution in [0.5, 0.6) is 0 Å². The molecule has 1 unspecified atom stereocenters. The van der Waals surface area contributed by atoms with Crippen LogP contribution in [0, 0.1) is 35.5 Å². The number of cyclic esters (lactones) is 1. The molecule has 2 bridgehead atoms. The number of fused-ring (bicyclic) bond motifs is 3. The predicted octanol–water partition coefficient (Wildman–Crippen LogP) is 4.23. The average Bonchev–Trinajstić information content (AvgIpc) is 3.18. The van der Waals surface area contributed by atoms with E-state index in [1.165, 1.54) is 19.1 Å². The van der Waals surface area contributed by atoms with E-state index in [1.807, 2.05) is 26.0 Å². The van der Waals surface area contributed by atoms with E-state index < -0.39 is 77.9 Å². The first-order valence-electron chi connectivity index (χ1n) is 21.0. The fourth-order valence-corrected chi connectivity index (χ4v) is 9.53. The van der Waals surface area contributed by atoms with Gasteiger partial charge in [-0.1, -0.05) is 45.9 Å². The molecule has 3 heterocycles. The molecule has 2 saturated heterocycles. The van der Waals surface area contributed by atoms with Crippen LogP contribution < -0.4 is 0 Å². The lowest BCUT2D eigenvalue weighted by atomic mass is 9.78. The molecular formula is C44H69NO12. The number of hydrogen-bond acceptors (Lipinski definition) is 12. The molecule has 14 atom stereocenters. The normalized spacial score (nSPS) is 41.0. The molecule has 1 saturated carbocycles. The van der Waals surface area contributed by atoms with E-state index >= 15 is 0 Å². The van der Waals surface area contributed by atoms with Crippen LogP contribution in [0.3, 0.4) is 0 Å². The smallest absolute Gasteiger partial charge is 0.329 e. The summed E-state index contributed by atoms with van der Waals surface area (Å²) in [5, 5.41) is 44.0. The molecule has 4 aliphatic rings. The van der Waals surface area contributed by atoms with Crippen molar-refractivity contribution in [3.05, 3.63) is 36.0 Å². The van der Waals surface area contributed by atoms with Crippen molar-refractivity contribution in [2.45, 2.75) is 154 Å². The topological polar surface area (TPSA) is 189 Å². The molecule has 13 nitrogen and oxygen atoms in total. The van der Waals surface area contributed by atoms with Crippen LogP contribution in [-0.2, 0) is 38.1 Å². The number of nitrogens with zero attached hydrogens (tertiary/aromatic N) is 1. The molecule has 57 heavy (non-hydrogen) atoms. The second-order valence-electron chi connectivity index (χ2n) is 17.4. The SMILES string of the molecule is C=CC/C1=C/C(C)C[C@H](C)C[C@H](OC)[C@H]2O[C@@](O)(C(=O)C(=O)N3CCCC[C@H]3C(=O)O[C@H](C(C)=C[C@@H]3CC[C@@H](O)[C@H](CO)C3)[C@H](C)[C@@H](O)CC1=O)[C@H](C)C[C@@H]2OC. The van der Waals surface area contributed by atoms with Gasteiger partial charge in [-0.3, -0.25) is 14.4 Å². The van der Waals surface area contributed by atoms with Crippen LogP contribution in [0.25, 0.3) is 0 Å². The number of allylic oxidation sites excluding steroid dienone is 4. The fourth-order valence-electron chi connectivity index (χ4n) is 9.53. The van der Waals surface area contributed by atoms with E-state index in [9.17, 15) is 39.6 Å². The van der Waals surface area contributed by atoms with Crippen molar-refractivity contribution in [1.82, 2.24) is 4.90 Å². The van der Waals surface area contributed by atoms with Gasteiger partial charge in [0.25, 0.3) is 11.7 Å². The summed E-state index contributed by atoms with van der Waals surface area (Å²) in [6.45, 7) is 12.9. The summed E-state index contributed by atoms with van der Waals surface area (Å²) < 4.78 is 24.2. The number of Topliss-reactive ketones (excluding diaryl/α,β-unsaturated/α-hetero) is 2. The monoisotopic (exact) mass is 803 g/mol. The molecule has 13 heteroatoms. The Morgan fingerprint density at radius 3 is 2.30 bits per heavy atom. The molecule has 1 aliphatic carbocycles. The third-order valence-corrected chi connectivity index (χ3v) is 13.0. The van der Waals surface area contributed by atoms with Gasteiger partial charge in [0, 0.05) is 51.5 Å². The summed E-state index contributed by atoms with van der Waals surface area (Å²) in [7, 11) is 3.05. The van der Waals surface area contributed by atoms with Gasteiger partial charge in [-0.25, -0.2) is 4.79 Å². The Bertz CT molecular complexity index is 1480. The highest BCUT2D eigenvalue weighted by molar-refractivity contribution is 6.39. The lowest BCUT2D eigenvalue weighted by molar-refractivity contribution is -0.302. The Kier molecular flexibility index (Phi) is 17.2. The maximum absolute atomic E-state index is 14.3. The van der Waals surface area contributed by atoms with Crippen molar-refractivity contribution in [3.63, 3.8) is 0 Å². The number of piperidine rings is 1. The number of carbonyl (C=O) groups is 4. The lowest BCUT2D eigenvalue weighted by Crippen LogP contribution is -2.64. The minimum atomic E-state index is -2.52. The predicted molar refractivity (Wildman–Crippen MR) is 212 cm³/mol. The highest BCUT2D eigenvalue weighted by atomic mass is 16.7. The van der Waals surface area contributed by atoms with Gasteiger partial charge in [0.15, 0.2) is 5.78 Å². The van der Waals surface area contributed by atoms with Gasteiger partial charge in [-0.05, 0) is 100 Å². The van der Waals surface area contributed by atoms with E-state index in [0.29, 0.717) is 62.5 Å². The maximum atomic E-state index is 14.3. The molecule has 4 N–H and O–H groups in total. The van der Waals surface area contributed by atoms with Gasteiger partial charge >= 0.3 is 5.97 Å². The zero-order valence-electron chi connectivity index (χ0n) is 35.1. The quantitative estimate of drug-likeness (QED) is 0.163. The number of carbonyl (C=O) groups excluding carboxylic acids is 4. The Hall–Kier alpha value is -2.78. The molecule has 4 rings (SSSR count). The fraction of sp³-hybridized carbons (Fsp3) is 0.773. The number of methoxy groups -OCH3 is 2.